The molecular formula is C25H23F2N5O2. The Morgan fingerprint density at radius 2 is 1.91 bits per heavy atom. The van der Waals surface area contributed by atoms with E-state index in [1.54, 1.807) is 43.6 Å². The first kappa shape index (κ1) is 23.0. The molecule has 34 heavy (non-hydrogen) atoms. The maximum absolute atomic E-state index is 13.7. The molecule has 0 spiro atoms. The van der Waals surface area contributed by atoms with Gasteiger partial charge in [-0.2, -0.15) is 18.6 Å². The van der Waals surface area contributed by atoms with E-state index in [0.717, 1.165) is 18.5 Å². The van der Waals surface area contributed by atoms with Crippen LogP contribution in [0, 0.1) is 0 Å². The minimum absolute atomic E-state index is 0.000836. The Hall–Kier alpha value is -4.14. The summed E-state index contributed by atoms with van der Waals surface area (Å²) in [5.74, 6) is -0.000836. The summed E-state index contributed by atoms with van der Waals surface area (Å²) in [4.78, 5) is 22.4. The summed E-state index contributed by atoms with van der Waals surface area (Å²) in [7, 11) is 1.63. The summed E-state index contributed by atoms with van der Waals surface area (Å²) < 4.78 is 30.9. The average molecular weight is 463 g/mol. The second kappa shape index (κ2) is 9.78. The van der Waals surface area contributed by atoms with E-state index in [2.05, 4.69) is 14.8 Å². The normalized spacial score (nSPS) is 11.6. The maximum atomic E-state index is 13.7. The molecule has 7 nitrogen and oxygen atoms in total. The minimum atomic E-state index is -2.94. The third-order valence-corrected chi connectivity index (χ3v) is 5.24. The number of aryl methyl sites for hydroxylation is 1. The highest BCUT2D eigenvalue weighted by Crippen LogP contribution is 2.27. The Labute approximate surface area is 194 Å². The highest BCUT2D eigenvalue weighted by Gasteiger charge is 2.18. The fourth-order valence-electron chi connectivity index (χ4n) is 3.70. The number of anilines is 1. The molecule has 0 bridgehead atoms. The number of nitrogens with zero attached hydrogens (tertiary/aromatic N) is 4. The first-order valence-corrected chi connectivity index (χ1v) is 10.7. The highest BCUT2D eigenvalue weighted by atomic mass is 19.3. The predicted octanol–water partition coefficient (Wildman–Crippen LogP) is 4.63. The number of rotatable bonds is 7. The minimum Gasteiger partial charge on any atom is -0.435 e. The van der Waals surface area contributed by atoms with E-state index in [-0.39, 0.29) is 5.75 Å². The van der Waals surface area contributed by atoms with Crippen molar-refractivity contribution >= 4 is 22.9 Å². The number of nitrogens with two attached hydrogens (primary N) is 1. The third kappa shape index (κ3) is 4.63. The first-order valence-electron chi connectivity index (χ1n) is 10.7. The zero-order valence-electron chi connectivity index (χ0n) is 18.7. The van der Waals surface area contributed by atoms with Crippen molar-refractivity contribution in [3.05, 3.63) is 76.2 Å². The zero-order valence-corrected chi connectivity index (χ0v) is 18.7. The van der Waals surface area contributed by atoms with Crippen LogP contribution in [0.2, 0.25) is 0 Å². The van der Waals surface area contributed by atoms with Crippen LogP contribution in [-0.4, -0.2) is 34.6 Å². The van der Waals surface area contributed by atoms with Crippen molar-refractivity contribution in [1.29, 1.82) is 0 Å². The molecule has 0 saturated heterocycles. The highest BCUT2D eigenvalue weighted by molar-refractivity contribution is 5.91. The monoisotopic (exact) mass is 463 g/mol. The number of alkyl halides is 2. The van der Waals surface area contributed by atoms with Gasteiger partial charge in [0.15, 0.2) is 0 Å². The molecule has 2 N–H and O–H groups in total. The molecule has 2 aromatic carbocycles. The fraction of sp³-hybridized carbons (Fsp3) is 0.200. The van der Waals surface area contributed by atoms with Gasteiger partial charge in [0.2, 0.25) is 0 Å². The van der Waals surface area contributed by atoms with E-state index >= 15 is 0 Å². The summed E-state index contributed by atoms with van der Waals surface area (Å²) in [6, 6.07) is 14.7. The lowest BCUT2D eigenvalue weighted by atomic mass is 10.0. The van der Waals surface area contributed by atoms with Crippen LogP contribution in [0.15, 0.2) is 64.4 Å². The largest absolute Gasteiger partial charge is 0.435 e. The molecule has 4 rings (SSSR count). The van der Waals surface area contributed by atoms with E-state index in [0.29, 0.717) is 39.1 Å². The quantitative estimate of drug-likeness (QED) is 0.318. The van der Waals surface area contributed by atoms with Gasteiger partial charge >= 0.3 is 6.61 Å². The number of nitrogen functional groups attached to an aromatic ring is 1. The number of benzene rings is 2. The van der Waals surface area contributed by atoms with Crippen molar-refractivity contribution in [3.63, 3.8) is 0 Å². The number of pyridine rings is 1. The third-order valence-electron chi connectivity index (χ3n) is 5.24. The number of halogens is 2. The standard InChI is InChI=1S/C25H23F2N5O2/c1-3-4-17-7-12-21-23(30-17)22(15-5-9-19(10-6-15)34-25(26)27)24(33)32(31-21)18-8-11-20(28)16(13-18)14-29-2/h5-14,25H,3-4,28H2,1-2H3. The number of ether oxygens (including phenoxy) is 1. The molecule has 9 heteroatoms. The Morgan fingerprint density at radius 3 is 2.59 bits per heavy atom. The summed E-state index contributed by atoms with van der Waals surface area (Å²) >= 11 is 0. The van der Waals surface area contributed by atoms with Gasteiger partial charge in [0.1, 0.15) is 16.8 Å². The van der Waals surface area contributed by atoms with Crippen LogP contribution in [0.5, 0.6) is 5.75 Å². The van der Waals surface area contributed by atoms with Crippen molar-refractivity contribution in [2.75, 3.05) is 12.8 Å². The number of aliphatic imine (C=N–C) groups is 1. The second-order valence-electron chi connectivity index (χ2n) is 7.62. The van der Waals surface area contributed by atoms with Crippen LogP contribution in [-0.2, 0) is 6.42 Å². The van der Waals surface area contributed by atoms with E-state index < -0.39 is 12.2 Å². The molecule has 0 radical (unpaired) electrons. The van der Waals surface area contributed by atoms with Crippen molar-refractivity contribution in [2.45, 2.75) is 26.4 Å². The van der Waals surface area contributed by atoms with Gasteiger partial charge in [0, 0.05) is 30.2 Å². The van der Waals surface area contributed by atoms with Crippen LogP contribution in [0.4, 0.5) is 14.5 Å². The molecular weight excluding hydrogens is 440 g/mol. The zero-order chi connectivity index (χ0) is 24.2. The van der Waals surface area contributed by atoms with Gasteiger partial charge in [-0.1, -0.05) is 25.5 Å². The van der Waals surface area contributed by atoms with Crippen LogP contribution >= 0.6 is 0 Å². The van der Waals surface area contributed by atoms with Gasteiger partial charge in [-0.25, -0.2) is 0 Å². The Kier molecular flexibility index (Phi) is 6.62. The van der Waals surface area contributed by atoms with Crippen molar-refractivity contribution in [2.24, 2.45) is 4.99 Å². The number of fused-ring (bicyclic) bond motifs is 1. The molecule has 2 heterocycles. The lowest BCUT2D eigenvalue weighted by Crippen LogP contribution is -2.24. The Bertz CT molecular complexity index is 1420. The van der Waals surface area contributed by atoms with Crippen LogP contribution < -0.4 is 16.0 Å². The Morgan fingerprint density at radius 1 is 1.15 bits per heavy atom. The average Bonchev–Trinajstić information content (AvgIpc) is 2.81. The van der Waals surface area contributed by atoms with E-state index in [1.165, 1.54) is 16.8 Å². The van der Waals surface area contributed by atoms with E-state index in [4.69, 9.17) is 10.7 Å². The lowest BCUT2D eigenvalue weighted by Gasteiger charge is -2.13. The van der Waals surface area contributed by atoms with Crippen LogP contribution in [0.25, 0.3) is 27.8 Å². The van der Waals surface area contributed by atoms with Gasteiger partial charge in [0.05, 0.1) is 11.3 Å². The SMILES string of the molecule is CCCc1ccc2nn(-c3ccc(N)c(C=NC)c3)c(=O)c(-c3ccc(OC(F)F)cc3)c2n1. The van der Waals surface area contributed by atoms with Gasteiger partial charge in [0.25, 0.3) is 5.56 Å². The molecule has 0 unspecified atom stereocenters. The molecule has 0 fully saturated rings. The number of hydrogen-bond acceptors (Lipinski definition) is 6. The summed E-state index contributed by atoms with van der Waals surface area (Å²) in [6.45, 7) is -0.891. The first-order chi connectivity index (χ1) is 16.4. The van der Waals surface area contributed by atoms with Crippen molar-refractivity contribution < 1.29 is 13.5 Å². The van der Waals surface area contributed by atoms with Crippen molar-refractivity contribution in [3.8, 4) is 22.6 Å². The van der Waals surface area contributed by atoms with Gasteiger partial charge in [-0.05, 0) is 54.4 Å². The maximum Gasteiger partial charge on any atom is 0.387 e. The number of aromatic nitrogens is 3. The topological polar surface area (TPSA) is 95.4 Å². The summed E-state index contributed by atoms with van der Waals surface area (Å²) in [6.07, 6.45) is 3.24. The van der Waals surface area contributed by atoms with Crippen molar-refractivity contribution in [1.82, 2.24) is 14.8 Å². The molecule has 4 aromatic rings. The summed E-state index contributed by atoms with van der Waals surface area (Å²) in [5.41, 5.74) is 9.92. The second-order valence-corrected chi connectivity index (χ2v) is 7.62. The van der Waals surface area contributed by atoms with Crippen LogP contribution in [0.1, 0.15) is 24.6 Å². The van der Waals surface area contributed by atoms with E-state index in [9.17, 15) is 13.6 Å². The molecule has 2 aromatic heterocycles. The predicted molar refractivity (Wildman–Crippen MR) is 129 cm³/mol. The van der Waals surface area contributed by atoms with E-state index in [1.807, 2.05) is 19.1 Å². The van der Waals surface area contributed by atoms with Crippen LogP contribution in [0.3, 0.4) is 0 Å². The number of hydrogen-bond donors (Lipinski definition) is 1. The molecule has 174 valence electrons. The molecule has 0 aliphatic rings. The van der Waals surface area contributed by atoms with Gasteiger partial charge < -0.3 is 10.5 Å². The van der Waals surface area contributed by atoms with Gasteiger partial charge in [-0.3, -0.25) is 14.8 Å². The molecule has 0 saturated carbocycles. The summed E-state index contributed by atoms with van der Waals surface area (Å²) in [5, 5.41) is 4.55. The molecule has 0 aliphatic carbocycles. The lowest BCUT2D eigenvalue weighted by molar-refractivity contribution is -0.0498. The van der Waals surface area contributed by atoms with Gasteiger partial charge in [-0.15, -0.1) is 0 Å². The fourth-order valence-corrected chi connectivity index (χ4v) is 3.70. The molecule has 0 atom stereocenters. The smallest absolute Gasteiger partial charge is 0.387 e. The molecule has 0 aliphatic heterocycles. The Balaban J connectivity index is 1.97. The molecule has 0 amide bonds.